The molecule has 1 heterocycles. The van der Waals surface area contributed by atoms with Crippen LogP contribution in [0.4, 0.5) is 0 Å². The summed E-state index contributed by atoms with van der Waals surface area (Å²) in [5.74, 6) is 0. The molecule has 1 aromatic heterocycles. The first-order valence-corrected chi connectivity index (χ1v) is 5.49. The van der Waals surface area contributed by atoms with E-state index in [-0.39, 0.29) is 5.56 Å². The lowest BCUT2D eigenvalue weighted by Gasteiger charge is -2.06. The zero-order chi connectivity index (χ0) is 11.7. The van der Waals surface area contributed by atoms with Crippen molar-refractivity contribution < 1.29 is 0 Å². The maximum Gasteiger partial charge on any atom is 0.255 e. The van der Waals surface area contributed by atoms with E-state index in [1.165, 1.54) is 0 Å². The van der Waals surface area contributed by atoms with Crippen LogP contribution in [0.5, 0.6) is 0 Å². The van der Waals surface area contributed by atoms with Crippen LogP contribution < -0.4 is 5.56 Å². The number of hydrogen-bond donors (Lipinski definition) is 1. The van der Waals surface area contributed by atoms with Gasteiger partial charge in [0.05, 0.1) is 15.6 Å². The zero-order valence-electron chi connectivity index (χ0n) is 8.55. The highest BCUT2D eigenvalue weighted by Crippen LogP contribution is 2.32. The first-order chi connectivity index (χ1) is 7.59. The van der Waals surface area contributed by atoms with Gasteiger partial charge < -0.3 is 4.98 Å². The molecule has 0 atom stereocenters. The molecule has 2 nitrogen and oxygen atoms in total. The average Bonchev–Trinajstić information content (AvgIpc) is 2.23. The number of benzene rings is 1. The number of pyridine rings is 1. The fourth-order valence-corrected chi connectivity index (χ4v) is 2.13. The van der Waals surface area contributed by atoms with E-state index < -0.39 is 0 Å². The van der Waals surface area contributed by atoms with Gasteiger partial charge >= 0.3 is 0 Å². The van der Waals surface area contributed by atoms with Crippen LogP contribution in [0.15, 0.2) is 35.3 Å². The molecule has 0 unspecified atom stereocenters. The van der Waals surface area contributed by atoms with Crippen molar-refractivity contribution in [1.29, 1.82) is 0 Å². The number of halogens is 2. The fraction of sp³-hybridized carbons (Fsp3) is 0.0833. The molecular weight excluding hydrogens is 245 g/mol. The minimum Gasteiger partial charge on any atom is -0.328 e. The van der Waals surface area contributed by atoms with Crippen molar-refractivity contribution in [2.24, 2.45) is 0 Å². The molecule has 0 saturated carbocycles. The summed E-state index contributed by atoms with van der Waals surface area (Å²) in [7, 11) is 0. The van der Waals surface area contributed by atoms with Crippen LogP contribution >= 0.6 is 23.2 Å². The molecule has 82 valence electrons. The van der Waals surface area contributed by atoms with Gasteiger partial charge in [-0.05, 0) is 30.7 Å². The molecule has 0 aliphatic heterocycles. The van der Waals surface area contributed by atoms with Crippen molar-refractivity contribution in [2.45, 2.75) is 6.92 Å². The van der Waals surface area contributed by atoms with E-state index in [1.807, 2.05) is 6.92 Å². The van der Waals surface area contributed by atoms with Crippen molar-refractivity contribution in [3.05, 3.63) is 56.4 Å². The van der Waals surface area contributed by atoms with Crippen LogP contribution in [0.25, 0.3) is 11.1 Å². The molecule has 0 aliphatic rings. The summed E-state index contributed by atoms with van der Waals surface area (Å²) in [4.78, 5) is 14.4. The van der Waals surface area contributed by atoms with Gasteiger partial charge in [0.25, 0.3) is 5.56 Å². The molecule has 1 N–H and O–H groups in total. The SMILES string of the molecule is Cc1c[nH]c(=O)c(-c2c(Cl)cccc2Cl)c1. The lowest BCUT2D eigenvalue weighted by atomic mass is 10.1. The molecule has 0 fully saturated rings. The predicted octanol–water partition coefficient (Wildman–Crippen LogP) is 3.66. The Morgan fingerprint density at radius 2 is 1.81 bits per heavy atom. The third-order valence-corrected chi connectivity index (χ3v) is 2.91. The highest BCUT2D eigenvalue weighted by atomic mass is 35.5. The van der Waals surface area contributed by atoms with Crippen molar-refractivity contribution >= 4 is 23.2 Å². The Morgan fingerprint density at radius 1 is 1.19 bits per heavy atom. The fourth-order valence-electron chi connectivity index (χ4n) is 1.53. The minimum atomic E-state index is -0.194. The molecule has 2 aromatic rings. The summed E-state index contributed by atoms with van der Waals surface area (Å²) in [6, 6.07) is 6.94. The molecule has 0 spiro atoms. The second kappa shape index (κ2) is 4.32. The Balaban J connectivity index is 2.77. The van der Waals surface area contributed by atoms with E-state index in [1.54, 1.807) is 30.5 Å². The molecule has 1 aromatic carbocycles. The van der Waals surface area contributed by atoms with Gasteiger partial charge in [0.1, 0.15) is 0 Å². The van der Waals surface area contributed by atoms with Gasteiger partial charge in [-0.15, -0.1) is 0 Å². The summed E-state index contributed by atoms with van der Waals surface area (Å²) in [6.45, 7) is 1.89. The molecule has 4 heteroatoms. The molecule has 2 rings (SSSR count). The number of H-pyrrole nitrogens is 1. The monoisotopic (exact) mass is 253 g/mol. The summed E-state index contributed by atoms with van der Waals surface area (Å²) in [5, 5.41) is 0.951. The molecule has 0 saturated heterocycles. The van der Waals surface area contributed by atoms with Crippen molar-refractivity contribution in [1.82, 2.24) is 4.98 Å². The van der Waals surface area contributed by atoms with Crippen molar-refractivity contribution in [3.63, 3.8) is 0 Å². The Hall–Kier alpha value is -1.25. The number of aryl methyl sites for hydroxylation is 1. The first-order valence-electron chi connectivity index (χ1n) is 4.73. The minimum absolute atomic E-state index is 0.194. The Morgan fingerprint density at radius 3 is 2.44 bits per heavy atom. The van der Waals surface area contributed by atoms with E-state index in [0.29, 0.717) is 21.2 Å². The number of aromatic nitrogens is 1. The topological polar surface area (TPSA) is 32.9 Å². The Labute approximate surface area is 103 Å². The zero-order valence-corrected chi connectivity index (χ0v) is 10.1. The van der Waals surface area contributed by atoms with E-state index in [9.17, 15) is 4.79 Å². The summed E-state index contributed by atoms with van der Waals surface area (Å²) in [6.07, 6.45) is 1.65. The van der Waals surface area contributed by atoms with Gasteiger partial charge in [-0.2, -0.15) is 0 Å². The number of hydrogen-bond acceptors (Lipinski definition) is 1. The maximum absolute atomic E-state index is 11.7. The van der Waals surface area contributed by atoms with Crippen LogP contribution in [-0.2, 0) is 0 Å². The second-order valence-electron chi connectivity index (χ2n) is 3.52. The van der Waals surface area contributed by atoms with Crippen molar-refractivity contribution in [2.75, 3.05) is 0 Å². The van der Waals surface area contributed by atoms with E-state index in [0.717, 1.165) is 5.56 Å². The van der Waals surface area contributed by atoms with Gasteiger partial charge in [0.15, 0.2) is 0 Å². The van der Waals surface area contributed by atoms with E-state index in [4.69, 9.17) is 23.2 Å². The number of rotatable bonds is 1. The van der Waals surface area contributed by atoms with Gasteiger partial charge in [-0.25, -0.2) is 0 Å². The molecule has 0 bridgehead atoms. The lowest BCUT2D eigenvalue weighted by molar-refractivity contribution is 1.20. The van der Waals surface area contributed by atoms with Crippen LogP contribution in [0.1, 0.15) is 5.56 Å². The number of nitrogens with one attached hydrogen (secondary N) is 1. The Bertz CT molecular complexity index is 570. The highest BCUT2D eigenvalue weighted by molar-refractivity contribution is 6.39. The van der Waals surface area contributed by atoms with Gasteiger partial charge in [0, 0.05) is 11.8 Å². The van der Waals surface area contributed by atoms with Crippen LogP contribution in [0.3, 0.4) is 0 Å². The third-order valence-electron chi connectivity index (χ3n) is 2.28. The summed E-state index contributed by atoms with van der Waals surface area (Å²) >= 11 is 12.1. The normalized spacial score (nSPS) is 10.4. The third kappa shape index (κ3) is 1.99. The molecule has 16 heavy (non-hydrogen) atoms. The highest BCUT2D eigenvalue weighted by Gasteiger charge is 2.11. The summed E-state index contributed by atoms with van der Waals surface area (Å²) < 4.78 is 0. The standard InChI is InChI=1S/C12H9Cl2NO/c1-7-5-8(12(16)15-6-7)11-9(13)3-2-4-10(11)14/h2-6H,1H3,(H,15,16). The van der Waals surface area contributed by atoms with E-state index in [2.05, 4.69) is 4.98 Å². The number of aromatic amines is 1. The molecular formula is C12H9Cl2NO. The average molecular weight is 254 g/mol. The lowest BCUT2D eigenvalue weighted by Crippen LogP contribution is -2.08. The largest absolute Gasteiger partial charge is 0.328 e. The van der Waals surface area contributed by atoms with Crippen LogP contribution in [0.2, 0.25) is 10.0 Å². The summed E-state index contributed by atoms with van der Waals surface area (Å²) in [5.41, 5.74) is 1.83. The predicted molar refractivity (Wildman–Crippen MR) is 67.3 cm³/mol. The van der Waals surface area contributed by atoms with Gasteiger partial charge in [-0.1, -0.05) is 29.3 Å². The molecule has 0 amide bonds. The van der Waals surface area contributed by atoms with Crippen LogP contribution in [-0.4, -0.2) is 4.98 Å². The quantitative estimate of drug-likeness (QED) is 0.827. The van der Waals surface area contributed by atoms with E-state index >= 15 is 0 Å². The molecule has 0 radical (unpaired) electrons. The van der Waals surface area contributed by atoms with Gasteiger partial charge in [-0.3, -0.25) is 4.79 Å². The molecule has 0 aliphatic carbocycles. The smallest absolute Gasteiger partial charge is 0.255 e. The Kier molecular flexibility index (Phi) is 3.03. The second-order valence-corrected chi connectivity index (χ2v) is 4.33. The van der Waals surface area contributed by atoms with Crippen LogP contribution in [0, 0.1) is 6.92 Å². The van der Waals surface area contributed by atoms with Gasteiger partial charge in [0.2, 0.25) is 0 Å². The maximum atomic E-state index is 11.7. The van der Waals surface area contributed by atoms with Crippen molar-refractivity contribution in [3.8, 4) is 11.1 Å². The first kappa shape index (κ1) is 11.2.